The predicted octanol–water partition coefficient (Wildman–Crippen LogP) is 9.78. The van der Waals surface area contributed by atoms with Gasteiger partial charge in [-0.2, -0.15) is 25.3 Å². The number of aliphatic hydroxyl groups is 4. The Morgan fingerprint density at radius 3 is 0.575 bits per heavy atom. The van der Waals surface area contributed by atoms with Gasteiger partial charge in [0.05, 0.1) is 25.4 Å². The van der Waals surface area contributed by atoms with Crippen LogP contribution in [-0.4, -0.2) is 57.4 Å². The molecule has 0 aromatic carbocycles. The van der Waals surface area contributed by atoms with Crippen molar-refractivity contribution in [3.05, 3.63) is 0 Å². The van der Waals surface area contributed by atoms with Gasteiger partial charge < -0.3 is 20.4 Å². The maximum Gasteiger partial charge on any atom is 0.0858 e. The molecular formula is C34H84O4S2. The molecule has 0 fully saturated rings. The quantitative estimate of drug-likeness (QED) is 0.137. The largest absolute Gasteiger partial charge is 0.394 e. The number of hydrogen-bond donors (Lipinski definition) is 6. The van der Waals surface area contributed by atoms with E-state index in [0.717, 1.165) is 23.7 Å². The summed E-state index contributed by atoms with van der Waals surface area (Å²) in [4.78, 5) is 0. The highest BCUT2D eigenvalue weighted by Gasteiger charge is 2.42. The van der Waals surface area contributed by atoms with E-state index >= 15 is 0 Å². The van der Waals surface area contributed by atoms with E-state index < -0.39 is 12.2 Å². The van der Waals surface area contributed by atoms with Gasteiger partial charge in [-0.25, -0.2) is 0 Å². The zero-order valence-corrected chi connectivity index (χ0v) is 28.8. The van der Waals surface area contributed by atoms with E-state index in [4.69, 9.17) is 20.4 Å². The van der Waals surface area contributed by atoms with Gasteiger partial charge in [-0.05, 0) is 45.3 Å². The summed E-state index contributed by atoms with van der Waals surface area (Å²) in [5.41, 5.74) is 1.67. The molecule has 0 rings (SSSR count). The maximum absolute atomic E-state index is 8.34. The van der Waals surface area contributed by atoms with Gasteiger partial charge in [0, 0.05) is 11.5 Å². The first-order valence-corrected chi connectivity index (χ1v) is 15.0. The highest BCUT2D eigenvalue weighted by atomic mass is 32.1. The molecular weight excluding hydrogens is 537 g/mol. The second-order valence-corrected chi connectivity index (χ2v) is 14.3. The van der Waals surface area contributed by atoms with E-state index in [0.29, 0.717) is 33.2 Å². The molecule has 4 nitrogen and oxygen atoms in total. The monoisotopic (exact) mass is 621 g/mol. The molecule has 0 heterocycles. The van der Waals surface area contributed by atoms with Crippen LogP contribution in [0, 0.1) is 45.3 Å². The summed E-state index contributed by atoms with van der Waals surface area (Å²) < 4.78 is 0. The molecule has 0 aliphatic heterocycles. The minimum atomic E-state index is -0.645. The Morgan fingerprint density at radius 2 is 0.550 bits per heavy atom. The first-order valence-electron chi connectivity index (χ1n) is 13.7. The van der Waals surface area contributed by atoms with Crippen LogP contribution in [0.25, 0.3) is 0 Å². The molecule has 4 N–H and O–H groups in total. The normalized spacial score (nSPS) is 13.1. The first kappa shape index (κ1) is 59.9. The molecule has 2 atom stereocenters. The molecule has 0 aromatic heterocycles. The third-order valence-corrected chi connectivity index (χ3v) is 10.8. The molecule has 0 saturated carbocycles. The van der Waals surface area contributed by atoms with E-state index in [9.17, 15) is 0 Å². The summed E-state index contributed by atoms with van der Waals surface area (Å²) in [5.74, 6) is 3.64. The molecule has 6 heteroatoms. The van der Waals surface area contributed by atoms with Crippen molar-refractivity contribution in [2.75, 3.05) is 24.7 Å². The molecule has 0 radical (unpaired) electrons. The minimum Gasteiger partial charge on any atom is -0.394 e. The second-order valence-electron chi connectivity index (χ2n) is 13.5. The maximum atomic E-state index is 8.34. The van der Waals surface area contributed by atoms with Crippen molar-refractivity contribution in [1.29, 1.82) is 0 Å². The lowest BCUT2D eigenvalue weighted by molar-refractivity contribution is 0.0135. The van der Waals surface area contributed by atoms with E-state index in [2.05, 4.69) is 136 Å². The minimum absolute atomic E-state index is 0. The first-order chi connectivity index (χ1) is 15.9. The zero-order valence-electron chi connectivity index (χ0n) is 27.0. The summed E-state index contributed by atoms with van der Waals surface area (Å²) >= 11 is 7.37. The van der Waals surface area contributed by atoms with Crippen LogP contribution in [0.2, 0.25) is 0 Å². The third-order valence-electron chi connectivity index (χ3n) is 9.94. The Bertz CT molecular complexity index is 424. The lowest BCUT2D eigenvalue weighted by Crippen LogP contribution is -2.40. The van der Waals surface area contributed by atoms with Crippen molar-refractivity contribution in [2.45, 2.75) is 153 Å². The van der Waals surface area contributed by atoms with E-state index in [-0.39, 0.29) is 42.9 Å². The average molecular weight is 621 g/mol. The Hall–Kier alpha value is 0.540. The van der Waals surface area contributed by atoms with Crippen LogP contribution in [0.4, 0.5) is 0 Å². The molecule has 0 aliphatic carbocycles. The number of rotatable bonds is 10. The molecule has 0 saturated heterocycles. The van der Waals surface area contributed by atoms with Gasteiger partial charge in [0.25, 0.3) is 0 Å². The van der Waals surface area contributed by atoms with Crippen molar-refractivity contribution in [3.8, 4) is 0 Å². The van der Waals surface area contributed by atoms with Gasteiger partial charge in [-0.3, -0.25) is 0 Å². The summed E-state index contributed by atoms with van der Waals surface area (Å²) in [6.07, 6.45) is -1.29. The van der Waals surface area contributed by atoms with Crippen molar-refractivity contribution < 1.29 is 20.4 Å². The van der Waals surface area contributed by atoms with E-state index in [1.807, 2.05) is 0 Å². The van der Waals surface area contributed by atoms with Crippen LogP contribution in [0.3, 0.4) is 0 Å². The van der Waals surface area contributed by atoms with Crippen LogP contribution in [0.1, 0.15) is 140 Å². The van der Waals surface area contributed by atoms with Gasteiger partial charge in [0.1, 0.15) is 0 Å². The van der Waals surface area contributed by atoms with E-state index in [1.165, 1.54) is 0 Å². The standard InChI is InChI=1S/2C12H26.2C3H8O2S.4CH4/c2*1-9(2)11(5,6)12(7,8)10(3)4;2*4-1-3(5)2-6;;;;/h2*9-10H,1-8H3;2*3-6H,1-2H2;4*1H4. The van der Waals surface area contributed by atoms with Crippen LogP contribution >= 0.6 is 25.3 Å². The molecule has 0 amide bonds. The van der Waals surface area contributed by atoms with Crippen molar-refractivity contribution in [1.82, 2.24) is 0 Å². The highest BCUT2D eigenvalue weighted by molar-refractivity contribution is 7.80. The Kier molecular flexibility index (Phi) is 40.6. The topological polar surface area (TPSA) is 80.9 Å². The molecule has 0 spiro atoms. The lowest BCUT2D eigenvalue weighted by Gasteiger charge is -2.48. The fraction of sp³-hybridized carbons (Fsp3) is 1.00. The third kappa shape index (κ3) is 21.3. The summed E-state index contributed by atoms with van der Waals surface area (Å²) in [7, 11) is 0. The molecule has 0 aromatic rings. The average Bonchev–Trinajstić information content (AvgIpc) is 2.78. The number of thiol groups is 2. The number of aliphatic hydroxyl groups excluding tert-OH is 4. The van der Waals surface area contributed by atoms with Crippen LogP contribution in [-0.2, 0) is 0 Å². The SMILES string of the molecule is C.C.C.C.CC(C)C(C)(C)C(C)(C)C(C)C.CC(C)C(C)(C)C(C)(C)C(C)C.OCC(O)CS.OCC(O)CS. The second kappa shape index (κ2) is 27.1. The van der Waals surface area contributed by atoms with Crippen LogP contribution in [0.15, 0.2) is 0 Å². The fourth-order valence-electron chi connectivity index (χ4n) is 3.09. The Morgan fingerprint density at radius 1 is 0.425 bits per heavy atom. The van der Waals surface area contributed by atoms with Gasteiger partial charge in [0.15, 0.2) is 0 Å². The number of hydrogen-bond acceptors (Lipinski definition) is 6. The summed E-state index contributed by atoms with van der Waals surface area (Å²) in [5, 5.41) is 32.8. The fourth-order valence-corrected chi connectivity index (χ4v) is 3.32. The molecule has 40 heavy (non-hydrogen) atoms. The molecule has 0 bridgehead atoms. The Balaban J connectivity index is -0.0000000576. The molecule has 256 valence electrons. The Labute approximate surface area is 267 Å². The van der Waals surface area contributed by atoms with Crippen molar-refractivity contribution >= 4 is 25.3 Å². The predicted molar refractivity (Wildman–Crippen MR) is 195 cm³/mol. The lowest BCUT2D eigenvalue weighted by atomic mass is 9.57. The van der Waals surface area contributed by atoms with Crippen molar-refractivity contribution in [3.63, 3.8) is 0 Å². The molecule has 2 unspecified atom stereocenters. The van der Waals surface area contributed by atoms with Crippen LogP contribution < -0.4 is 0 Å². The van der Waals surface area contributed by atoms with E-state index in [1.54, 1.807) is 0 Å². The van der Waals surface area contributed by atoms with Gasteiger partial charge in [-0.1, -0.05) is 140 Å². The van der Waals surface area contributed by atoms with Gasteiger partial charge >= 0.3 is 0 Å². The zero-order chi connectivity index (χ0) is 30.3. The van der Waals surface area contributed by atoms with Crippen molar-refractivity contribution in [2.24, 2.45) is 45.3 Å². The van der Waals surface area contributed by atoms with Gasteiger partial charge in [0.2, 0.25) is 0 Å². The van der Waals surface area contributed by atoms with Crippen LogP contribution in [0.5, 0.6) is 0 Å². The highest BCUT2D eigenvalue weighted by Crippen LogP contribution is 2.49. The van der Waals surface area contributed by atoms with Gasteiger partial charge in [-0.15, -0.1) is 0 Å². The summed E-state index contributed by atoms with van der Waals surface area (Å²) in [6.45, 7) is 37.3. The smallest absolute Gasteiger partial charge is 0.0858 e. The molecule has 0 aliphatic rings. The summed E-state index contributed by atoms with van der Waals surface area (Å²) in [6, 6.07) is 0.